The first-order valence-corrected chi connectivity index (χ1v) is 9.19. The third-order valence-corrected chi connectivity index (χ3v) is 4.18. The number of benzene rings is 1. The molecule has 24 heavy (non-hydrogen) atoms. The zero-order valence-electron chi connectivity index (χ0n) is 15.2. The van der Waals surface area contributed by atoms with Gasteiger partial charge in [0.2, 0.25) is 0 Å². The average Bonchev–Trinajstić information content (AvgIpc) is 2.62. The molecule has 2 nitrogen and oxygen atoms in total. The van der Waals surface area contributed by atoms with E-state index in [1.807, 2.05) is 0 Å². The van der Waals surface area contributed by atoms with Crippen LogP contribution >= 0.6 is 0 Å². The highest BCUT2D eigenvalue weighted by atomic mass is 19.1. The highest BCUT2D eigenvalue weighted by molar-refractivity contribution is 5.96. The van der Waals surface area contributed by atoms with Crippen LogP contribution < -0.4 is 4.74 Å². The summed E-state index contributed by atoms with van der Waals surface area (Å²) in [6.07, 6.45) is 11.5. The maximum absolute atomic E-state index is 13.8. The second-order valence-electron chi connectivity index (χ2n) is 6.21. The van der Waals surface area contributed by atoms with Crippen LogP contribution in [0.1, 0.15) is 81.5 Å². The molecule has 1 rings (SSSR count). The van der Waals surface area contributed by atoms with Crippen LogP contribution in [0.15, 0.2) is 36.2 Å². The van der Waals surface area contributed by atoms with Crippen molar-refractivity contribution in [2.24, 2.45) is 0 Å². The normalized spacial score (nSPS) is 11.5. The van der Waals surface area contributed by atoms with Gasteiger partial charge < -0.3 is 4.74 Å². The molecule has 134 valence electrons. The molecule has 0 aliphatic carbocycles. The molecule has 0 saturated carbocycles. The number of ether oxygens (including phenoxy) is 1. The number of unbranched alkanes of at least 4 members (excludes halogenated alkanes) is 7. The van der Waals surface area contributed by atoms with E-state index < -0.39 is 0 Å². The highest BCUT2D eigenvalue weighted by Gasteiger charge is 2.07. The summed E-state index contributed by atoms with van der Waals surface area (Å²) in [7, 11) is 1.59. The summed E-state index contributed by atoms with van der Waals surface area (Å²) in [5, 5.41) is 0. The standard InChI is InChI=1S/C21H31FO2/c1-3-4-5-6-7-8-9-10-11-19(22)14-17-21(23)18-12-15-20(24-2)16-13-18/h11-13,15-16H,3-10,14,17H2,1-2H3. The van der Waals surface area contributed by atoms with Crippen molar-refractivity contribution in [1.82, 2.24) is 0 Å². The minimum atomic E-state index is -0.164. The van der Waals surface area contributed by atoms with E-state index in [0.29, 0.717) is 11.3 Å². The van der Waals surface area contributed by atoms with Crippen molar-refractivity contribution in [2.45, 2.75) is 71.1 Å². The predicted octanol–water partition coefficient (Wildman–Crippen LogP) is 6.65. The zero-order chi connectivity index (χ0) is 17.6. The monoisotopic (exact) mass is 334 g/mol. The van der Waals surface area contributed by atoms with E-state index in [0.717, 1.165) is 19.3 Å². The fraction of sp³-hybridized carbons (Fsp3) is 0.571. The maximum atomic E-state index is 13.8. The lowest BCUT2D eigenvalue weighted by Gasteiger charge is -2.03. The van der Waals surface area contributed by atoms with E-state index >= 15 is 0 Å². The molecule has 0 heterocycles. The number of ketones is 1. The van der Waals surface area contributed by atoms with E-state index in [1.54, 1.807) is 37.5 Å². The van der Waals surface area contributed by atoms with E-state index in [1.165, 1.54) is 32.1 Å². The Morgan fingerprint density at radius 1 is 1.00 bits per heavy atom. The Balaban J connectivity index is 2.17. The van der Waals surface area contributed by atoms with Crippen LogP contribution in [0.5, 0.6) is 5.75 Å². The number of carbonyl (C=O) groups is 1. The van der Waals surface area contributed by atoms with Crippen LogP contribution in [-0.4, -0.2) is 12.9 Å². The first-order valence-electron chi connectivity index (χ1n) is 9.19. The highest BCUT2D eigenvalue weighted by Crippen LogP contribution is 2.16. The van der Waals surface area contributed by atoms with Gasteiger partial charge in [0.25, 0.3) is 0 Å². The Morgan fingerprint density at radius 2 is 1.62 bits per heavy atom. The molecule has 0 radical (unpaired) electrons. The Bertz CT molecular complexity index is 491. The second-order valence-corrected chi connectivity index (χ2v) is 6.21. The number of rotatable bonds is 13. The van der Waals surface area contributed by atoms with Crippen LogP contribution in [-0.2, 0) is 0 Å². The minimum Gasteiger partial charge on any atom is -0.497 e. The van der Waals surface area contributed by atoms with Crippen molar-refractivity contribution < 1.29 is 13.9 Å². The molecule has 0 aliphatic heterocycles. The molecule has 0 fully saturated rings. The van der Waals surface area contributed by atoms with Gasteiger partial charge in [0, 0.05) is 18.4 Å². The lowest BCUT2D eigenvalue weighted by molar-refractivity contribution is 0.0980. The van der Waals surface area contributed by atoms with Crippen molar-refractivity contribution in [3.8, 4) is 5.75 Å². The summed E-state index contributed by atoms with van der Waals surface area (Å²) in [4.78, 5) is 12.0. The van der Waals surface area contributed by atoms with Crippen LogP contribution in [0.3, 0.4) is 0 Å². The molecule has 0 unspecified atom stereocenters. The first-order chi connectivity index (χ1) is 11.7. The number of carbonyl (C=O) groups excluding carboxylic acids is 1. The number of hydrogen-bond acceptors (Lipinski definition) is 2. The Morgan fingerprint density at radius 3 is 2.25 bits per heavy atom. The summed E-state index contributed by atoms with van der Waals surface area (Å²) in [5.41, 5.74) is 0.607. The average molecular weight is 334 g/mol. The fourth-order valence-electron chi connectivity index (χ4n) is 2.62. The molecule has 0 amide bonds. The van der Waals surface area contributed by atoms with E-state index in [-0.39, 0.29) is 24.5 Å². The Kier molecular flexibility index (Phi) is 10.8. The lowest BCUT2D eigenvalue weighted by Crippen LogP contribution is -1.99. The smallest absolute Gasteiger partial charge is 0.163 e. The molecule has 1 aromatic rings. The molecule has 0 N–H and O–H groups in total. The summed E-state index contributed by atoms with van der Waals surface area (Å²) in [6, 6.07) is 6.95. The van der Waals surface area contributed by atoms with Crippen molar-refractivity contribution in [2.75, 3.05) is 7.11 Å². The minimum absolute atomic E-state index is 0.0304. The third kappa shape index (κ3) is 8.85. The van der Waals surface area contributed by atoms with Crippen molar-refractivity contribution in [1.29, 1.82) is 0 Å². The summed E-state index contributed by atoms with van der Waals surface area (Å²) in [6.45, 7) is 2.22. The lowest BCUT2D eigenvalue weighted by atomic mass is 10.1. The second kappa shape index (κ2) is 12.7. The molecule has 0 aromatic heterocycles. The number of methoxy groups -OCH3 is 1. The summed E-state index contributed by atoms with van der Waals surface area (Å²) in [5.74, 6) is 0.521. The van der Waals surface area contributed by atoms with Crippen molar-refractivity contribution in [3.05, 3.63) is 41.7 Å². The van der Waals surface area contributed by atoms with Gasteiger partial charge in [0.1, 0.15) is 5.75 Å². The third-order valence-electron chi connectivity index (χ3n) is 4.18. The zero-order valence-corrected chi connectivity index (χ0v) is 15.2. The SMILES string of the molecule is CCCCCCCCCC=C(F)CCC(=O)c1ccc(OC)cc1. The van der Waals surface area contributed by atoms with Gasteiger partial charge in [-0.15, -0.1) is 0 Å². The molecule has 3 heteroatoms. The van der Waals surface area contributed by atoms with Crippen LogP contribution in [0.2, 0.25) is 0 Å². The molecular formula is C21H31FO2. The van der Waals surface area contributed by atoms with Gasteiger partial charge in [-0.2, -0.15) is 0 Å². The summed E-state index contributed by atoms with van der Waals surface area (Å²) >= 11 is 0. The fourth-order valence-corrected chi connectivity index (χ4v) is 2.62. The first kappa shape index (κ1) is 20.4. The number of allylic oxidation sites excluding steroid dienone is 2. The van der Waals surface area contributed by atoms with Gasteiger partial charge in [-0.1, -0.05) is 51.5 Å². The largest absolute Gasteiger partial charge is 0.497 e. The molecule has 0 bridgehead atoms. The van der Waals surface area contributed by atoms with Crippen molar-refractivity contribution >= 4 is 5.78 Å². The van der Waals surface area contributed by atoms with Gasteiger partial charge in [-0.25, -0.2) is 4.39 Å². The molecular weight excluding hydrogens is 303 g/mol. The quantitative estimate of drug-likeness (QED) is 0.298. The van der Waals surface area contributed by atoms with Gasteiger partial charge in [-0.3, -0.25) is 4.79 Å². The van der Waals surface area contributed by atoms with Gasteiger partial charge in [-0.05, 0) is 37.1 Å². The van der Waals surface area contributed by atoms with E-state index in [2.05, 4.69) is 6.92 Å². The molecule has 1 aromatic carbocycles. The van der Waals surface area contributed by atoms with Crippen LogP contribution in [0.25, 0.3) is 0 Å². The van der Waals surface area contributed by atoms with Gasteiger partial charge in [0.15, 0.2) is 5.78 Å². The summed E-state index contributed by atoms with van der Waals surface area (Å²) < 4.78 is 18.8. The Hall–Kier alpha value is -1.64. The van der Waals surface area contributed by atoms with Gasteiger partial charge in [0.05, 0.1) is 12.9 Å². The molecule has 0 spiro atoms. The molecule has 0 atom stereocenters. The van der Waals surface area contributed by atoms with Crippen LogP contribution in [0.4, 0.5) is 4.39 Å². The number of Topliss-reactive ketones (excluding diaryl/α,β-unsaturated/α-hetero) is 1. The van der Waals surface area contributed by atoms with E-state index in [9.17, 15) is 9.18 Å². The maximum Gasteiger partial charge on any atom is 0.163 e. The van der Waals surface area contributed by atoms with Crippen molar-refractivity contribution in [3.63, 3.8) is 0 Å². The predicted molar refractivity (Wildman–Crippen MR) is 98.4 cm³/mol. The Labute approximate surface area is 146 Å². The van der Waals surface area contributed by atoms with E-state index in [4.69, 9.17) is 4.74 Å². The number of hydrogen-bond donors (Lipinski definition) is 0. The molecule has 0 saturated heterocycles. The van der Waals surface area contributed by atoms with Crippen LogP contribution in [0, 0.1) is 0 Å². The van der Waals surface area contributed by atoms with Gasteiger partial charge >= 0.3 is 0 Å². The topological polar surface area (TPSA) is 26.3 Å². The molecule has 0 aliphatic rings. The number of halogens is 1.